The van der Waals surface area contributed by atoms with Crippen molar-refractivity contribution in [2.75, 3.05) is 17.2 Å². The molecule has 0 unspecified atom stereocenters. The van der Waals surface area contributed by atoms with Gasteiger partial charge >= 0.3 is 0 Å². The Morgan fingerprint density at radius 1 is 1.38 bits per heavy atom. The second-order valence-electron chi connectivity index (χ2n) is 4.20. The first-order chi connectivity index (χ1) is 10.1. The van der Waals surface area contributed by atoms with Gasteiger partial charge in [0, 0.05) is 12.2 Å². The summed E-state index contributed by atoms with van der Waals surface area (Å²) in [6.45, 7) is 2.63. The van der Waals surface area contributed by atoms with Crippen LogP contribution in [0.25, 0.3) is 0 Å². The van der Waals surface area contributed by atoms with E-state index >= 15 is 0 Å². The summed E-state index contributed by atoms with van der Waals surface area (Å²) >= 11 is 6.01. The zero-order valence-corrected chi connectivity index (χ0v) is 12.1. The number of aromatic nitrogens is 1. The molecule has 21 heavy (non-hydrogen) atoms. The van der Waals surface area contributed by atoms with Gasteiger partial charge in [-0.25, -0.2) is 4.98 Å². The number of benzene rings is 1. The van der Waals surface area contributed by atoms with E-state index in [0.29, 0.717) is 23.6 Å². The van der Waals surface area contributed by atoms with Gasteiger partial charge in [-0.2, -0.15) is 5.26 Å². The second-order valence-corrected chi connectivity index (χ2v) is 4.61. The highest BCUT2D eigenvalue weighted by molar-refractivity contribution is 6.34. The number of anilines is 2. The van der Waals surface area contributed by atoms with E-state index < -0.39 is 5.91 Å². The third kappa shape index (κ3) is 3.71. The standard InChI is InChI=1S/C15H13ClN4O/c1-2-18-13-7-6-12(16)14(20-13)15(21)19-11-5-3-4-10(8-11)9-17/h3-8H,2H2,1H3,(H,18,20)(H,19,21). The number of carbonyl (C=O) groups is 1. The van der Waals surface area contributed by atoms with Gasteiger partial charge in [-0.1, -0.05) is 17.7 Å². The van der Waals surface area contributed by atoms with Gasteiger partial charge in [0.1, 0.15) is 11.5 Å². The Hall–Kier alpha value is -2.58. The smallest absolute Gasteiger partial charge is 0.275 e. The lowest BCUT2D eigenvalue weighted by Gasteiger charge is -2.08. The van der Waals surface area contributed by atoms with Crippen LogP contribution in [0.4, 0.5) is 11.5 Å². The first-order valence-electron chi connectivity index (χ1n) is 6.36. The van der Waals surface area contributed by atoms with Crippen molar-refractivity contribution in [1.82, 2.24) is 4.98 Å². The minimum atomic E-state index is -0.421. The van der Waals surface area contributed by atoms with Crippen molar-refractivity contribution < 1.29 is 4.79 Å². The lowest BCUT2D eigenvalue weighted by atomic mass is 10.2. The predicted molar refractivity (Wildman–Crippen MR) is 82.5 cm³/mol. The summed E-state index contributed by atoms with van der Waals surface area (Å²) in [5, 5.41) is 14.8. The van der Waals surface area contributed by atoms with Crippen LogP contribution >= 0.6 is 11.6 Å². The van der Waals surface area contributed by atoms with Gasteiger partial charge in [-0.05, 0) is 37.3 Å². The maximum absolute atomic E-state index is 12.2. The number of pyridine rings is 1. The SMILES string of the molecule is CCNc1ccc(Cl)c(C(=O)Nc2cccc(C#N)c2)n1. The van der Waals surface area contributed by atoms with Crippen molar-refractivity contribution in [3.63, 3.8) is 0 Å². The molecule has 0 aliphatic carbocycles. The summed E-state index contributed by atoms with van der Waals surface area (Å²) in [4.78, 5) is 16.4. The van der Waals surface area contributed by atoms with Crippen LogP contribution in [0.15, 0.2) is 36.4 Å². The largest absolute Gasteiger partial charge is 0.370 e. The van der Waals surface area contributed by atoms with Crippen molar-refractivity contribution in [3.05, 3.63) is 52.7 Å². The van der Waals surface area contributed by atoms with Crippen LogP contribution in [0, 0.1) is 11.3 Å². The zero-order chi connectivity index (χ0) is 15.2. The molecule has 2 N–H and O–H groups in total. The summed E-state index contributed by atoms with van der Waals surface area (Å²) < 4.78 is 0. The fourth-order valence-corrected chi connectivity index (χ4v) is 1.93. The van der Waals surface area contributed by atoms with Gasteiger partial charge < -0.3 is 10.6 Å². The fourth-order valence-electron chi connectivity index (χ4n) is 1.74. The third-order valence-corrected chi connectivity index (χ3v) is 2.97. The molecule has 1 aromatic heterocycles. The van der Waals surface area contributed by atoms with Gasteiger partial charge in [0.15, 0.2) is 0 Å². The summed E-state index contributed by atoms with van der Waals surface area (Å²) in [6, 6.07) is 12.0. The predicted octanol–water partition coefficient (Wildman–Crippen LogP) is 3.29. The number of halogens is 1. The summed E-state index contributed by atoms with van der Waals surface area (Å²) in [5.41, 5.74) is 1.12. The van der Waals surface area contributed by atoms with Crippen molar-refractivity contribution in [2.24, 2.45) is 0 Å². The Bertz CT molecular complexity index is 709. The van der Waals surface area contributed by atoms with E-state index in [0.717, 1.165) is 0 Å². The molecule has 2 rings (SSSR count). The number of nitriles is 1. The van der Waals surface area contributed by atoms with E-state index in [4.69, 9.17) is 16.9 Å². The zero-order valence-electron chi connectivity index (χ0n) is 11.4. The van der Waals surface area contributed by atoms with E-state index in [1.165, 1.54) is 0 Å². The van der Waals surface area contributed by atoms with Crippen molar-refractivity contribution >= 4 is 29.0 Å². The van der Waals surface area contributed by atoms with Crippen LogP contribution in [-0.4, -0.2) is 17.4 Å². The molecule has 2 aromatic rings. The molecule has 1 heterocycles. The van der Waals surface area contributed by atoms with Crippen LogP contribution < -0.4 is 10.6 Å². The topological polar surface area (TPSA) is 77.8 Å². The number of hydrogen-bond donors (Lipinski definition) is 2. The van der Waals surface area contributed by atoms with Gasteiger partial charge in [0.25, 0.3) is 5.91 Å². The lowest BCUT2D eigenvalue weighted by Crippen LogP contribution is -2.15. The molecule has 0 aliphatic heterocycles. The normalized spacial score (nSPS) is 9.76. The highest BCUT2D eigenvalue weighted by Gasteiger charge is 2.13. The number of nitrogens with zero attached hydrogens (tertiary/aromatic N) is 2. The number of rotatable bonds is 4. The molecule has 6 heteroatoms. The molecule has 5 nitrogen and oxygen atoms in total. The molecule has 0 fully saturated rings. The Balaban J connectivity index is 2.23. The molecule has 0 aliphatic rings. The first kappa shape index (κ1) is 14.8. The minimum Gasteiger partial charge on any atom is -0.370 e. The third-order valence-electron chi connectivity index (χ3n) is 2.67. The van der Waals surface area contributed by atoms with E-state index in [1.54, 1.807) is 36.4 Å². The van der Waals surface area contributed by atoms with E-state index in [1.807, 2.05) is 13.0 Å². The van der Waals surface area contributed by atoms with Crippen LogP contribution in [0.3, 0.4) is 0 Å². The Morgan fingerprint density at radius 2 is 2.19 bits per heavy atom. The highest BCUT2D eigenvalue weighted by atomic mass is 35.5. The molecule has 0 radical (unpaired) electrons. The van der Waals surface area contributed by atoms with E-state index in [-0.39, 0.29) is 10.7 Å². The Kier molecular flexibility index (Phi) is 4.75. The monoisotopic (exact) mass is 300 g/mol. The maximum Gasteiger partial charge on any atom is 0.275 e. The first-order valence-corrected chi connectivity index (χ1v) is 6.73. The molecule has 1 aromatic carbocycles. The summed E-state index contributed by atoms with van der Waals surface area (Å²) in [5.74, 6) is 0.160. The second kappa shape index (κ2) is 6.73. The fraction of sp³-hybridized carbons (Fsp3) is 0.133. The van der Waals surface area contributed by atoms with E-state index in [2.05, 4.69) is 15.6 Å². The molecular weight excluding hydrogens is 288 g/mol. The van der Waals surface area contributed by atoms with Crippen LogP contribution in [-0.2, 0) is 0 Å². The molecule has 106 valence electrons. The number of carbonyl (C=O) groups excluding carboxylic acids is 1. The van der Waals surface area contributed by atoms with Gasteiger partial charge in [0.2, 0.25) is 0 Å². The average molecular weight is 301 g/mol. The molecule has 0 spiro atoms. The quantitative estimate of drug-likeness (QED) is 0.908. The molecule has 1 amide bonds. The molecule has 0 bridgehead atoms. The Morgan fingerprint density at radius 3 is 2.90 bits per heavy atom. The number of hydrogen-bond acceptors (Lipinski definition) is 4. The maximum atomic E-state index is 12.2. The lowest BCUT2D eigenvalue weighted by molar-refractivity contribution is 0.102. The average Bonchev–Trinajstić information content (AvgIpc) is 2.49. The van der Waals surface area contributed by atoms with E-state index in [9.17, 15) is 4.79 Å². The Labute approximate surface area is 127 Å². The molecular formula is C15H13ClN4O. The summed E-state index contributed by atoms with van der Waals surface area (Å²) in [6.07, 6.45) is 0. The van der Waals surface area contributed by atoms with Crippen LogP contribution in [0.5, 0.6) is 0 Å². The molecule has 0 saturated carbocycles. The summed E-state index contributed by atoms with van der Waals surface area (Å²) in [7, 11) is 0. The van der Waals surface area contributed by atoms with Crippen molar-refractivity contribution in [2.45, 2.75) is 6.92 Å². The van der Waals surface area contributed by atoms with Gasteiger partial charge in [-0.15, -0.1) is 0 Å². The highest BCUT2D eigenvalue weighted by Crippen LogP contribution is 2.19. The molecule has 0 saturated heterocycles. The van der Waals surface area contributed by atoms with Crippen LogP contribution in [0.2, 0.25) is 5.02 Å². The van der Waals surface area contributed by atoms with Crippen molar-refractivity contribution in [3.8, 4) is 6.07 Å². The van der Waals surface area contributed by atoms with Gasteiger partial charge in [-0.3, -0.25) is 4.79 Å². The van der Waals surface area contributed by atoms with Crippen molar-refractivity contribution in [1.29, 1.82) is 5.26 Å². The van der Waals surface area contributed by atoms with Crippen LogP contribution in [0.1, 0.15) is 23.0 Å². The molecule has 0 atom stereocenters. The van der Waals surface area contributed by atoms with Gasteiger partial charge in [0.05, 0.1) is 16.7 Å². The number of amides is 1. The minimum absolute atomic E-state index is 0.137. The number of nitrogens with one attached hydrogen (secondary N) is 2.